The predicted molar refractivity (Wildman–Crippen MR) is 79.1 cm³/mol. The molecule has 21 heavy (non-hydrogen) atoms. The summed E-state index contributed by atoms with van der Waals surface area (Å²) in [6, 6.07) is 11.3. The Balaban J connectivity index is 1.77. The summed E-state index contributed by atoms with van der Waals surface area (Å²) in [6.45, 7) is 0.477. The van der Waals surface area contributed by atoms with Crippen LogP contribution in [0.4, 0.5) is 5.69 Å². The van der Waals surface area contributed by atoms with Crippen molar-refractivity contribution in [3.05, 3.63) is 60.3 Å². The maximum atomic E-state index is 11.3. The molecule has 0 saturated heterocycles. The molecule has 0 atom stereocenters. The molecule has 3 rings (SSSR count). The van der Waals surface area contributed by atoms with Crippen LogP contribution in [-0.2, 0) is 11.3 Å². The first-order valence-electron chi connectivity index (χ1n) is 6.51. The number of hydrogen-bond donors (Lipinski definition) is 1. The molecule has 3 aromatic rings. The van der Waals surface area contributed by atoms with E-state index in [1.165, 1.54) is 7.11 Å². The fourth-order valence-corrected chi connectivity index (χ4v) is 2.13. The van der Waals surface area contributed by atoms with Gasteiger partial charge in [0.15, 0.2) is 0 Å². The van der Waals surface area contributed by atoms with Crippen molar-refractivity contribution in [1.82, 2.24) is 4.98 Å². The number of pyridine rings is 1. The number of benzene rings is 1. The molecule has 0 spiro atoms. The zero-order valence-corrected chi connectivity index (χ0v) is 11.5. The number of fused-ring (bicyclic) bond motifs is 1. The van der Waals surface area contributed by atoms with Crippen molar-refractivity contribution >= 4 is 22.4 Å². The number of carbonyl (C=O) groups is 1. The Morgan fingerprint density at radius 3 is 3.05 bits per heavy atom. The lowest BCUT2D eigenvalue weighted by atomic mass is 10.1. The van der Waals surface area contributed by atoms with Gasteiger partial charge < -0.3 is 14.5 Å². The van der Waals surface area contributed by atoms with E-state index in [1.807, 2.05) is 30.5 Å². The second kappa shape index (κ2) is 5.66. The smallest absolute Gasteiger partial charge is 0.373 e. The fraction of sp³-hybridized carbons (Fsp3) is 0.125. The first-order chi connectivity index (χ1) is 10.3. The van der Waals surface area contributed by atoms with Crippen molar-refractivity contribution in [3.63, 3.8) is 0 Å². The molecule has 2 heterocycles. The lowest BCUT2D eigenvalue weighted by molar-refractivity contribution is 0.0563. The molecule has 2 aromatic heterocycles. The topological polar surface area (TPSA) is 64.4 Å². The molecular formula is C16H14N2O3. The lowest BCUT2D eigenvalue weighted by Crippen LogP contribution is -2.00. The molecule has 0 aliphatic rings. The first-order valence-corrected chi connectivity index (χ1v) is 6.51. The van der Waals surface area contributed by atoms with E-state index >= 15 is 0 Å². The Morgan fingerprint density at radius 2 is 2.19 bits per heavy atom. The third-order valence-electron chi connectivity index (χ3n) is 3.18. The van der Waals surface area contributed by atoms with Crippen molar-refractivity contribution < 1.29 is 13.9 Å². The third-order valence-corrected chi connectivity index (χ3v) is 3.18. The number of anilines is 1. The van der Waals surface area contributed by atoms with Crippen LogP contribution in [0, 0.1) is 0 Å². The van der Waals surface area contributed by atoms with E-state index in [0.29, 0.717) is 12.3 Å². The number of ether oxygens (including phenoxy) is 1. The van der Waals surface area contributed by atoms with Crippen molar-refractivity contribution in [3.8, 4) is 0 Å². The van der Waals surface area contributed by atoms with Gasteiger partial charge in [-0.1, -0.05) is 12.1 Å². The number of nitrogens with one attached hydrogen (secondary N) is 1. The Labute approximate surface area is 121 Å². The zero-order chi connectivity index (χ0) is 14.7. The summed E-state index contributed by atoms with van der Waals surface area (Å²) in [4.78, 5) is 15.5. The maximum absolute atomic E-state index is 11.3. The fourth-order valence-electron chi connectivity index (χ4n) is 2.13. The van der Waals surface area contributed by atoms with E-state index in [1.54, 1.807) is 18.3 Å². The van der Waals surface area contributed by atoms with Crippen LogP contribution in [0.15, 0.2) is 53.2 Å². The van der Waals surface area contributed by atoms with E-state index in [2.05, 4.69) is 15.0 Å². The molecule has 0 bridgehead atoms. The molecule has 0 aliphatic heterocycles. The summed E-state index contributed by atoms with van der Waals surface area (Å²) in [5.74, 6) is 0.390. The predicted octanol–water partition coefficient (Wildman–Crippen LogP) is 3.23. The van der Waals surface area contributed by atoms with Crippen molar-refractivity contribution in [2.45, 2.75) is 6.54 Å². The Kier molecular flexibility index (Phi) is 3.55. The normalized spacial score (nSPS) is 10.5. The molecule has 0 radical (unpaired) electrons. The molecule has 1 N–H and O–H groups in total. The van der Waals surface area contributed by atoms with Crippen molar-refractivity contribution in [1.29, 1.82) is 0 Å². The Bertz CT molecular complexity index is 775. The van der Waals surface area contributed by atoms with Crippen LogP contribution in [-0.4, -0.2) is 18.1 Å². The molecule has 0 saturated carbocycles. The van der Waals surface area contributed by atoms with Gasteiger partial charge in [-0.05, 0) is 29.7 Å². The molecule has 106 valence electrons. The van der Waals surface area contributed by atoms with E-state index in [4.69, 9.17) is 4.42 Å². The van der Waals surface area contributed by atoms with Gasteiger partial charge in [0.25, 0.3) is 0 Å². The van der Waals surface area contributed by atoms with Gasteiger partial charge in [0, 0.05) is 23.5 Å². The first kappa shape index (κ1) is 13.2. The largest absolute Gasteiger partial charge is 0.463 e. The van der Waals surface area contributed by atoms with Crippen LogP contribution in [0.2, 0.25) is 0 Å². The molecule has 0 fully saturated rings. The van der Waals surface area contributed by atoms with Gasteiger partial charge >= 0.3 is 5.97 Å². The van der Waals surface area contributed by atoms with Crippen LogP contribution >= 0.6 is 0 Å². The summed E-state index contributed by atoms with van der Waals surface area (Å²) in [5, 5.41) is 5.45. The average molecular weight is 282 g/mol. The summed E-state index contributed by atoms with van der Waals surface area (Å²) in [7, 11) is 1.33. The van der Waals surface area contributed by atoms with Crippen LogP contribution in [0.5, 0.6) is 0 Å². The molecule has 0 unspecified atom stereocenters. The van der Waals surface area contributed by atoms with Crippen molar-refractivity contribution in [2.24, 2.45) is 0 Å². The maximum Gasteiger partial charge on any atom is 0.373 e. The van der Waals surface area contributed by atoms with E-state index in [9.17, 15) is 4.79 Å². The molecular weight excluding hydrogens is 268 g/mol. The number of nitrogens with zero attached hydrogens (tertiary/aromatic N) is 1. The third kappa shape index (κ3) is 2.72. The van der Waals surface area contributed by atoms with Gasteiger partial charge in [-0.25, -0.2) is 4.79 Å². The standard InChI is InChI=1S/C16H14N2O3/c1-20-16(19)15-6-5-12(21-15)9-18-14-4-2-3-11-7-8-17-10-13(11)14/h2-8,10,18H,9H2,1H3. The molecule has 1 aromatic carbocycles. The number of esters is 1. The molecule has 0 amide bonds. The number of rotatable bonds is 4. The van der Waals surface area contributed by atoms with E-state index < -0.39 is 5.97 Å². The molecule has 5 heteroatoms. The van der Waals surface area contributed by atoms with Crippen LogP contribution in [0.25, 0.3) is 10.8 Å². The van der Waals surface area contributed by atoms with Gasteiger partial charge in [-0.2, -0.15) is 0 Å². The minimum absolute atomic E-state index is 0.203. The Hall–Kier alpha value is -2.82. The second-order valence-corrected chi connectivity index (χ2v) is 4.51. The number of carbonyl (C=O) groups excluding carboxylic acids is 1. The van der Waals surface area contributed by atoms with Crippen molar-refractivity contribution in [2.75, 3.05) is 12.4 Å². The number of hydrogen-bond acceptors (Lipinski definition) is 5. The van der Waals surface area contributed by atoms with Crippen LogP contribution in [0.1, 0.15) is 16.3 Å². The average Bonchev–Trinajstić information content (AvgIpc) is 3.01. The highest BCUT2D eigenvalue weighted by molar-refractivity contribution is 5.93. The molecule has 0 aliphatic carbocycles. The second-order valence-electron chi connectivity index (χ2n) is 4.51. The van der Waals surface area contributed by atoms with Gasteiger partial charge in [-0.15, -0.1) is 0 Å². The van der Waals surface area contributed by atoms with Gasteiger partial charge in [0.2, 0.25) is 5.76 Å². The van der Waals surface area contributed by atoms with E-state index in [-0.39, 0.29) is 5.76 Å². The minimum atomic E-state index is -0.476. The number of furan rings is 1. The Morgan fingerprint density at radius 1 is 1.29 bits per heavy atom. The van der Waals surface area contributed by atoms with E-state index in [0.717, 1.165) is 16.5 Å². The van der Waals surface area contributed by atoms with Gasteiger partial charge in [0.05, 0.1) is 13.7 Å². The summed E-state index contributed by atoms with van der Waals surface area (Å²) >= 11 is 0. The highest BCUT2D eigenvalue weighted by Crippen LogP contribution is 2.22. The highest BCUT2D eigenvalue weighted by Gasteiger charge is 2.11. The summed E-state index contributed by atoms with van der Waals surface area (Å²) in [6.07, 6.45) is 3.58. The number of aromatic nitrogens is 1. The summed E-state index contributed by atoms with van der Waals surface area (Å²) < 4.78 is 10.0. The van der Waals surface area contributed by atoms with Crippen LogP contribution < -0.4 is 5.32 Å². The summed E-state index contributed by atoms with van der Waals surface area (Å²) in [5.41, 5.74) is 0.969. The number of methoxy groups -OCH3 is 1. The zero-order valence-electron chi connectivity index (χ0n) is 11.5. The quantitative estimate of drug-likeness (QED) is 0.744. The lowest BCUT2D eigenvalue weighted by Gasteiger charge is -2.08. The highest BCUT2D eigenvalue weighted by atomic mass is 16.5. The molecule has 5 nitrogen and oxygen atoms in total. The minimum Gasteiger partial charge on any atom is -0.463 e. The van der Waals surface area contributed by atoms with Crippen LogP contribution in [0.3, 0.4) is 0 Å². The van der Waals surface area contributed by atoms with Gasteiger partial charge in [0.1, 0.15) is 5.76 Å². The SMILES string of the molecule is COC(=O)c1ccc(CNc2cccc3ccncc23)o1. The van der Waals surface area contributed by atoms with Gasteiger partial charge in [-0.3, -0.25) is 4.98 Å². The monoisotopic (exact) mass is 282 g/mol.